The molecule has 0 fully saturated rings. The number of nitrogens with one attached hydrogen (secondary N) is 2. The van der Waals surface area contributed by atoms with Gasteiger partial charge in [0.15, 0.2) is 11.5 Å². The van der Waals surface area contributed by atoms with Crippen LogP contribution in [0.4, 0.5) is 5.82 Å². The molecule has 7 nitrogen and oxygen atoms in total. The van der Waals surface area contributed by atoms with E-state index in [0.717, 1.165) is 5.56 Å². The molecule has 1 heterocycles. The third-order valence-electron chi connectivity index (χ3n) is 2.28. The van der Waals surface area contributed by atoms with Gasteiger partial charge < -0.3 is 9.84 Å². The number of methoxy groups -OCH3 is 1. The summed E-state index contributed by atoms with van der Waals surface area (Å²) in [5, 5.41) is 13.4. The van der Waals surface area contributed by atoms with Crippen molar-refractivity contribution >= 4 is 12.0 Å². The zero-order chi connectivity index (χ0) is 13.7. The number of ether oxygens (including phenoxy) is 1. The highest BCUT2D eigenvalue weighted by Crippen LogP contribution is 2.25. The number of rotatable bonds is 4. The number of anilines is 1. The van der Waals surface area contributed by atoms with Crippen molar-refractivity contribution in [2.75, 3.05) is 12.5 Å². The van der Waals surface area contributed by atoms with Gasteiger partial charge in [0.2, 0.25) is 0 Å². The molecule has 0 atom stereocenters. The summed E-state index contributed by atoms with van der Waals surface area (Å²) >= 11 is 0. The minimum atomic E-state index is -0.452. The monoisotopic (exact) mass is 260 g/mol. The summed E-state index contributed by atoms with van der Waals surface area (Å²) in [7, 11) is 1.47. The highest BCUT2D eigenvalue weighted by molar-refractivity contribution is 5.81. The molecule has 0 bridgehead atoms. The zero-order valence-corrected chi connectivity index (χ0v) is 10.1. The Morgan fingerprint density at radius 1 is 1.47 bits per heavy atom. The molecule has 0 saturated carbocycles. The van der Waals surface area contributed by atoms with E-state index in [1.54, 1.807) is 18.2 Å². The molecule has 7 heteroatoms. The van der Waals surface area contributed by atoms with Gasteiger partial charge in [-0.2, -0.15) is 5.10 Å². The molecule has 1 aromatic heterocycles. The first-order chi connectivity index (χ1) is 9.19. The van der Waals surface area contributed by atoms with Crippen molar-refractivity contribution in [1.29, 1.82) is 0 Å². The fourth-order valence-electron chi connectivity index (χ4n) is 1.38. The fourth-order valence-corrected chi connectivity index (χ4v) is 1.38. The molecule has 0 unspecified atom stereocenters. The van der Waals surface area contributed by atoms with Crippen LogP contribution in [0.5, 0.6) is 11.5 Å². The van der Waals surface area contributed by atoms with Crippen molar-refractivity contribution in [2.45, 2.75) is 0 Å². The molecule has 0 radical (unpaired) electrons. The van der Waals surface area contributed by atoms with Gasteiger partial charge in [0, 0.05) is 6.20 Å². The summed E-state index contributed by atoms with van der Waals surface area (Å²) in [4.78, 5) is 16.9. The topological polar surface area (TPSA) is 99.6 Å². The minimum Gasteiger partial charge on any atom is -0.504 e. The van der Waals surface area contributed by atoms with Gasteiger partial charge in [0.05, 0.1) is 13.3 Å². The van der Waals surface area contributed by atoms with Crippen LogP contribution in [-0.2, 0) is 0 Å². The largest absolute Gasteiger partial charge is 0.504 e. The summed E-state index contributed by atoms with van der Waals surface area (Å²) in [6, 6.07) is 6.40. The molecular weight excluding hydrogens is 248 g/mol. The van der Waals surface area contributed by atoms with Crippen LogP contribution in [0.15, 0.2) is 40.4 Å². The van der Waals surface area contributed by atoms with Crippen LogP contribution >= 0.6 is 0 Å². The summed E-state index contributed by atoms with van der Waals surface area (Å²) in [6.45, 7) is 0. The Balaban J connectivity index is 2.09. The molecule has 0 spiro atoms. The van der Waals surface area contributed by atoms with E-state index in [-0.39, 0.29) is 5.75 Å². The Bertz CT molecular complexity index is 651. The molecule has 1 aromatic carbocycles. The molecule has 19 heavy (non-hydrogen) atoms. The fraction of sp³-hybridized carbons (Fsp3) is 0.0833. The van der Waals surface area contributed by atoms with Crippen LogP contribution in [0.3, 0.4) is 0 Å². The number of hydrazone groups is 1. The second-order valence-electron chi connectivity index (χ2n) is 3.59. The number of nitrogens with zero attached hydrogens (tertiary/aromatic N) is 2. The zero-order valence-electron chi connectivity index (χ0n) is 10.1. The highest BCUT2D eigenvalue weighted by atomic mass is 16.5. The summed E-state index contributed by atoms with van der Waals surface area (Å²) in [5.41, 5.74) is 2.94. The molecule has 0 saturated heterocycles. The molecule has 3 N–H and O–H groups in total. The van der Waals surface area contributed by atoms with Crippen molar-refractivity contribution in [1.82, 2.24) is 9.97 Å². The standard InChI is InChI=1S/C12H12N4O3/c1-19-10-6-8(2-3-9(10)17)7-14-16-11-4-5-13-12(18)15-11/h2-7,17H,1H3,(H2,13,15,16,18)/b14-7+. The summed E-state index contributed by atoms with van der Waals surface area (Å²) < 4.78 is 4.98. The Morgan fingerprint density at radius 2 is 2.32 bits per heavy atom. The van der Waals surface area contributed by atoms with E-state index in [0.29, 0.717) is 11.6 Å². The van der Waals surface area contributed by atoms with E-state index in [1.165, 1.54) is 25.6 Å². The Kier molecular flexibility index (Phi) is 3.77. The lowest BCUT2D eigenvalue weighted by Crippen LogP contribution is -2.10. The first-order valence-corrected chi connectivity index (χ1v) is 5.40. The van der Waals surface area contributed by atoms with Gasteiger partial charge in [-0.1, -0.05) is 0 Å². The molecule has 98 valence electrons. The summed E-state index contributed by atoms with van der Waals surface area (Å²) in [6.07, 6.45) is 2.90. The first-order valence-electron chi connectivity index (χ1n) is 5.40. The number of benzene rings is 1. The van der Waals surface area contributed by atoms with Crippen LogP contribution in [0.2, 0.25) is 0 Å². The van der Waals surface area contributed by atoms with Crippen molar-refractivity contribution in [3.05, 3.63) is 46.5 Å². The number of phenols is 1. The lowest BCUT2D eigenvalue weighted by Gasteiger charge is -2.03. The molecule has 0 aliphatic heterocycles. The minimum absolute atomic E-state index is 0.0612. The molecule has 2 aromatic rings. The lowest BCUT2D eigenvalue weighted by atomic mass is 10.2. The maximum absolute atomic E-state index is 10.9. The van der Waals surface area contributed by atoms with Crippen molar-refractivity contribution in [2.24, 2.45) is 5.10 Å². The second-order valence-corrected chi connectivity index (χ2v) is 3.59. The molecule has 0 aliphatic carbocycles. The van der Waals surface area contributed by atoms with Crippen LogP contribution in [0.1, 0.15) is 5.56 Å². The maximum Gasteiger partial charge on any atom is 0.346 e. The van der Waals surface area contributed by atoms with Crippen LogP contribution in [0.25, 0.3) is 0 Å². The predicted octanol–water partition coefficient (Wildman–Crippen LogP) is 0.930. The SMILES string of the molecule is COc1cc(/C=N/Nc2ccnc(=O)[nH]2)ccc1O. The van der Waals surface area contributed by atoms with Gasteiger partial charge in [-0.15, -0.1) is 0 Å². The third kappa shape index (κ3) is 3.32. The van der Waals surface area contributed by atoms with Gasteiger partial charge >= 0.3 is 5.69 Å². The van der Waals surface area contributed by atoms with Crippen LogP contribution in [0, 0.1) is 0 Å². The van der Waals surface area contributed by atoms with E-state index in [1.807, 2.05) is 0 Å². The molecule has 0 aliphatic rings. The quantitative estimate of drug-likeness (QED) is 0.561. The average Bonchev–Trinajstić information content (AvgIpc) is 2.41. The molecule has 0 amide bonds. The van der Waals surface area contributed by atoms with Crippen molar-refractivity contribution < 1.29 is 9.84 Å². The Morgan fingerprint density at radius 3 is 3.05 bits per heavy atom. The van der Waals surface area contributed by atoms with Gasteiger partial charge in [-0.25, -0.2) is 9.78 Å². The number of phenolic OH excluding ortho intramolecular Hbond substituents is 1. The Labute approximate surface area is 108 Å². The van der Waals surface area contributed by atoms with Gasteiger partial charge in [0.25, 0.3) is 0 Å². The van der Waals surface area contributed by atoms with Gasteiger partial charge in [-0.05, 0) is 29.8 Å². The number of H-pyrrole nitrogens is 1. The van der Waals surface area contributed by atoms with E-state index in [4.69, 9.17) is 4.74 Å². The number of aromatic hydroxyl groups is 1. The predicted molar refractivity (Wildman–Crippen MR) is 70.7 cm³/mol. The van der Waals surface area contributed by atoms with Crippen molar-refractivity contribution in [3.8, 4) is 11.5 Å². The average molecular weight is 260 g/mol. The second kappa shape index (κ2) is 5.67. The van der Waals surface area contributed by atoms with E-state index < -0.39 is 5.69 Å². The highest BCUT2D eigenvalue weighted by Gasteiger charge is 2.00. The maximum atomic E-state index is 10.9. The van der Waals surface area contributed by atoms with E-state index in [9.17, 15) is 9.90 Å². The normalized spacial score (nSPS) is 10.6. The van der Waals surface area contributed by atoms with E-state index in [2.05, 4.69) is 20.5 Å². The number of aromatic nitrogens is 2. The first kappa shape index (κ1) is 12.6. The lowest BCUT2D eigenvalue weighted by molar-refractivity contribution is 0.373. The molecule has 2 rings (SSSR count). The van der Waals surface area contributed by atoms with Gasteiger partial charge in [-0.3, -0.25) is 10.4 Å². The molecular formula is C12H12N4O3. The number of hydrogen-bond donors (Lipinski definition) is 3. The van der Waals surface area contributed by atoms with E-state index >= 15 is 0 Å². The van der Waals surface area contributed by atoms with Crippen LogP contribution in [-0.4, -0.2) is 28.4 Å². The summed E-state index contributed by atoms with van der Waals surface area (Å²) in [5.74, 6) is 0.856. The Hall–Kier alpha value is -2.83. The number of aromatic amines is 1. The van der Waals surface area contributed by atoms with Crippen molar-refractivity contribution in [3.63, 3.8) is 0 Å². The van der Waals surface area contributed by atoms with Crippen LogP contribution < -0.4 is 15.9 Å². The third-order valence-corrected chi connectivity index (χ3v) is 2.28. The van der Waals surface area contributed by atoms with Gasteiger partial charge in [0.1, 0.15) is 5.82 Å². The number of hydrogen-bond acceptors (Lipinski definition) is 6. The smallest absolute Gasteiger partial charge is 0.346 e.